The minimum Gasteiger partial charge on any atom is -0.344 e. The van der Waals surface area contributed by atoms with E-state index in [-0.39, 0.29) is 18.4 Å². The van der Waals surface area contributed by atoms with Gasteiger partial charge in [-0.25, -0.2) is 0 Å². The number of rotatable bonds is 4. The number of nitrogens with zero attached hydrogens (tertiary/aromatic N) is 3. The highest BCUT2D eigenvalue weighted by Crippen LogP contribution is 2.12. The summed E-state index contributed by atoms with van der Waals surface area (Å²) in [4.78, 5) is 28.3. The van der Waals surface area contributed by atoms with Crippen LogP contribution in [0.1, 0.15) is 22.6 Å². The van der Waals surface area contributed by atoms with Crippen LogP contribution in [0.4, 0.5) is 0 Å². The van der Waals surface area contributed by atoms with E-state index in [9.17, 15) is 9.59 Å². The fraction of sp³-hybridized carbons (Fsp3) is 0.529. The third kappa shape index (κ3) is 4.36. The summed E-state index contributed by atoms with van der Waals surface area (Å²) in [7, 11) is 1.91. The predicted octanol–water partition coefficient (Wildman–Crippen LogP) is 0.231. The van der Waals surface area contributed by atoms with Crippen LogP contribution in [0.25, 0.3) is 0 Å². The van der Waals surface area contributed by atoms with Gasteiger partial charge in [0.05, 0.1) is 13.1 Å². The summed E-state index contributed by atoms with van der Waals surface area (Å²) in [5.74, 6) is 2.38. The molecular formula is C17H24N4O2. The van der Waals surface area contributed by atoms with Crippen LogP contribution in [0.15, 0.2) is 12.1 Å². The first-order chi connectivity index (χ1) is 11.0. The maximum atomic E-state index is 12.6. The van der Waals surface area contributed by atoms with Crippen LogP contribution in [0, 0.1) is 19.3 Å². The van der Waals surface area contributed by atoms with Gasteiger partial charge in [0.2, 0.25) is 5.91 Å². The third-order valence-corrected chi connectivity index (χ3v) is 4.22. The second-order valence-electron chi connectivity index (χ2n) is 5.82. The van der Waals surface area contributed by atoms with Gasteiger partial charge in [0, 0.05) is 38.9 Å². The van der Waals surface area contributed by atoms with Crippen molar-refractivity contribution in [2.24, 2.45) is 7.05 Å². The minimum atomic E-state index is -0.0687. The van der Waals surface area contributed by atoms with Crippen LogP contribution < -0.4 is 5.32 Å². The highest BCUT2D eigenvalue weighted by atomic mass is 16.2. The number of terminal acetylenes is 1. The van der Waals surface area contributed by atoms with Crippen LogP contribution in [-0.4, -0.2) is 65.4 Å². The quantitative estimate of drug-likeness (QED) is 0.809. The Morgan fingerprint density at radius 1 is 1.26 bits per heavy atom. The van der Waals surface area contributed by atoms with Crippen molar-refractivity contribution in [1.82, 2.24) is 19.7 Å². The number of hydrogen-bond acceptors (Lipinski definition) is 3. The molecule has 2 rings (SSSR count). The molecule has 1 aliphatic heterocycles. The van der Waals surface area contributed by atoms with Crippen molar-refractivity contribution >= 4 is 11.8 Å². The first-order valence-corrected chi connectivity index (χ1v) is 7.87. The van der Waals surface area contributed by atoms with E-state index in [0.29, 0.717) is 31.9 Å². The van der Waals surface area contributed by atoms with Crippen LogP contribution in [0.3, 0.4) is 0 Å². The Morgan fingerprint density at radius 2 is 2.04 bits per heavy atom. The zero-order valence-electron chi connectivity index (χ0n) is 13.8. The first-order valence-electron chi connectivity index (χ1n) is 7.87. The molecule has 23 heavy (non-hydrogen) atoms. The molecule has 0 spiro atoms. The summed E-state index contributed by atoms with van der Waals surface area (Å²) in [6.45, 7) is 5.40. The maximum absolute atomic E-state index is 12.6. The molecule has 1 aliphatic rings. The Labute approximate surface area is 137 Å². The Hall–Kier alpha value is -2.26. The van der Waals surface area contributed by atoms with Gasteiger partial charge in [-0.3, -0.25) is 14.5 Å². The topological polar surface area (TPSA) is 57.6 Å². The molecule has 6 nitrogen and oxygen atoms in total. The zero-order chi connectivity index (χ0) is 16.8. The lowest BCUT2D eigenvalue weighted by Gasteiger charge is -2.22. The average Bonchev–Trinajstić information content (AvgIpc) is 2.74. The molecule has 1 N–H and O–H groups in total. The number of nitrogens with one attached hydrogen (secondary N) is 1. The van der Waals surface area contributed by atoms with E-state index in [2.05, 4.69) is 16.1 Å². The van der Waals surface area contributed by atoms with Gasteiger partial charge in [-0.2, -0.15) is 0 Å². The Balaban J connectivity index is 1.91. The lowest BCUT2D eigenvalue weighted by molar-refractivity contribution is -0.121. The lowest BCUT2D eigenvalue weighted by atomic mass is 10.3. The summed E-state index contributed by atoms with van der Waals surface area (Å²) in [5.41, 5.74) is 1.78. The molecule has 0 saturated carbocycles. The summed E-state index contributed by atoms with van der Waals surface area (Å²) >= 11 is 0. The molecule has 0 radical (unpaired) electrons. The normalized spacial score (nSPS) is 15.8. The fourth-order valence-electron chi connectivity index (χ4n) is 2.73. The molecule has 0 atom stereocenters. The van der Waals surface area contributed by atoms with Gasteiger partial charge in [-0.05, 0) is 25.5 Å². The monoisotopic (exact) mass is 316 g/mol. The lowest BCUT2D eigenvalue weighted by Crippen LogP contribution is -2.40. The number of carbonyl (C=O) groups excluding carboxylic acids is 2. The molecule has 0 aromatic carbocycles. The van der Waals surface area contributed by atoms with Crippen LogP contribution in [0.2, 0.25) is 0 Å². The van der Waals surface area contributed by atoms with Crippen molar-refractivity contribution in [3.63, 3.8) is 0 Å². The summed E-state index contributed by atoms with van der Waals surface area (Å²) < 4.78 is 1.91. The van der Waals surface area contributed by atoms with Gasteiger partial charge in [0.1, 0.15) is 5.69 Å². The molecule has 0 unspecified atom stereocenters. The maximum Gasteiger partial charge on any atom is 0.270 e. The molecule has 1 fully saturated rings. The summed E-state index contributed by atoms with van der Waals surface area (Å²) in [5, 5.41) is 2.67. The molecule has 1 aromatic heterocycles. The van der Waals surface area contributed by atoms with E-state index in [1.165, 1.54) is 0 Å². The summed E-state index contributed by atoms with van der Waals surface area (Å²) in [6, 6.07) is 3.82. The molecule has 2 amide bonds. The second-order valence-corrected chi connectivity index (χ2v) is 5.82. The number of carbonyl (C=O) groups is 2. The zero-order valence-corrected chi connectivity index (χ0v) is 13.8. The van der Waals surface area contributed by atoms with E-state index in [0.717, 1.165) is 18.7 Å². The van der Waals surface area contributed by atoms with E-state index in [4.69, 9.17) is 6.42 Å². The number of aryl methyl sites for hydroxylation is 1. The van der Waals surface area contributed by atoms with Crippen molar-refractivity contribution in [2.75, 3.05) is 39.3 Å². The Morgan fingerprint density at radius 3 is 2.70 bits per heavy atom. The van der Waals surface area contributed by atoms with Crippen molar-refractivity contribution in [2.45, 2.75) is 13.3 Å². The Kier molecular flexibility index (Phi) is 5.83. The minimum absolute atomic E-state index is 0.0548. The van der Waals surface area contributed by atoms with Gasteiger partial charge in [0.25, 0.3) is 5.91 Å². The van der Waals surface area contributed by atoms with Crippen molar-refractivity contribution in [3.05, 3.63) is 23.5 Å². The van der Waals surface area contributed by atoms with Crippen molar-refractivity contribution in [3.8, 4) is 12.3 Å². The van der Waals surface area contributed by atoms with E-state index in [1.54, 1.807) is 0 Å². The third-order valence-electron chi connectivity index (χ3n) is 4.22. The molecular weight excluding hydrogens is 292 g/mol. The predicted molar refractivity (Wildman–Crippen MR) is 89.0 cm³/mol. The van der Waals surface area contributed by atoms with Crippen LogP contribution in [0.5, 0.6) is 0 Å². The van der Waals surface area contributed by atoms with E-state index >= 15 is 0 Å². The van der Waals surface area contributed by atoms with Crippen LogP contribution in [-0.2, 0) is 11.8 Å². The second kappa shape index (κ2) is 7.84. The molecule has 2 heterocycles. The van der Waals surface area contributed by atoms with E-state index < -0.39 is 0 Å². The van der Waals surface area contributed by atoms with Gasteiger partial charge in [0.15, 0.2) is 0 Å². The Bertz CT molecular complexity index is 615. The van der Waals surface area contributed by atoms with Crippen LogP contribution >= 0.6 is 0 Å². The van der Waals surface area contributed by atoms with Crippen molar-refractivity contribution < 1.29 is 9.59 Å². The molecule has 1 saturated heterocycles. The average molecular weight is 316 g/mol. The largest absolute Gasteiger partial charge is 0.344 e. The molecule has 0 bridgehead atoms. The SMILES string of the molecule is C#CCNC(=O)CN1CCCN(C(=O)c2ccc(C)n2C)CC1. The van der Waals surface area contributed by atoms with Gasteiger partial charge in [-0.15, -0.1) is 6.42 Å². The standard InChI is InChI=1S/C17H24N4O2/c1-4-8-18-16(22)13-20-9-5-10-21(12-11-20)17(23)15-7-6-14(2)19(15)3/h1,6-7H,5,8-13H2,2-3H3,(H,18,22). The van der Waals surface area contributed by atoms with E-state index in [1.807, 2.05) is 35.6 Å². The molecule has 0 aliphatic carbocycles. The first kappa shape index (κ1) is 17.1. The number of hydrogen-bond donors (Lipinski definition) is 1. The summed E-state index contributed by atoms with van der Waals surface area (Å²) in [6.07, 6.45) is 5.99. The molecule has 124 valence electrons. The van der Waals surface area contributed by atoms with Crippen molar-refractivity contribution in [1.29, 1.82) is 0 Å². The smallest absolute Gasteiger partial charge is 0.270 e. The number of aromatic nitrogens is 1. The highest BCUT2D eigenvalue weighted by Gasteiger charge is 2.23. The fourth-order valence-corrected chi connectivity index (χ4v) is 2.73. The number of amides is 2. The van der Waals surface area contributed by atoms with Gasteiger partial charge < -0.3 is 14.8 Å². The molecule has 6 heteroatoms. The van der Waals surface area contributed by atoms with Gasteiger partial charge >= 0.3 is 0 Å². The van der Waals surface area contributed by atoms with Gasteiger partial charge in [-0.1, -0.05) is 5.92 Å². The molecule has 1 aromatic rings. The highest BCUT2D eigenvalue weighted by molar-refractivity contribution is 5.93.